The van der Waals surface area contributed by atoms with E-state index in [4.69, 9.17) is 0 Å². The molecular formula is C16H26IN7S. The van der Waals surface area contributed by atoms with Gasteiger partial charge >= 0.3 is 0 Å². The first kappa shape index (κ1) is 20.1. The number of fused-ring (bicyclic) bond motifs is 1. The number of nitrogens with one attached hydrogen (secondary N) is 2. The van der Waals surface area contributed by atoms with Crippen molar-refractivity contribution in [2.24, 2.45) is 4.99 Å². The van der Waals surface area contributed by atoms with Crippen molar-refractivity contribution < 1.29 is 0 Å². The van der Waals surface area contributed by atoms with Crippen molar-refractivity contribution in [1.82, 2.24) is 30.4 Å². The van der Waals surface area contributed by atoms with Crippen LogP contribution >= 0.6 is 35.3 Å². The van der Waals surface area contributed by atoms with Gasteiger partial charge in [0.15, 0.2) is 11.8 Å². The van der Waals surface area contributed by atoms with Crippen molar-refractivity contribution in [2.75, 3.05) is 7.05 Å². The number of rotatable bonds is 5. The van der Waals surface area contributed by atoms with E-state index in [-0.39, 0.29) is 24.0 Å². The first-order chi connectivity index (χ1) is 11.8. The van der Waals surface area contributed by atoms with Crippen LogP contribution in [-0.2, 0) is 32.5 Å². The smallest absolute Gasteiger partial charge is 0.191 e. The third-order valence-electron chi connectivity index (χ3n) is 4.18. The molecule has 3 rings (SSSR count). The molecule has 0 saturated carbocycles. The Kier molecular flexibility index (Phi) is 8.07. The minimum atomic E-state index is 0. The van der Waals surface area contributed by atoms with Gasteiger partial charge in [0.2, 0.25) is 0 Å². The number of aryl methyl sites for hydroxylation is 2. The molecule has 1 aliphatic rings. The summed E-state index contributed by atoms with van der Waals surface area (Å²) in [6, 6.07) is 0. The van der Waals surface area contributed by atoms with E-state index in [9.17, 15) is 0 Å². The fourth-order valence-corrected chi connectivity index (χ4v) is 3.61. The highest BCUT2D eigenvalue weighted by atomic mass is 127. The number of hydrogen-bond acceptors (Lipinski definition) is 5. The van der Waals surface area contributed by atoms with Crippen LogP contribution in [0.5, 0.6) is 0 Å². The van der Waals surface area contributed by atoms with Crippen LogP contribution in [-0.4, -0.2) is 32.8 Å². The quantitative estimate of drug-likeness (QED) is 0.395. The summed E-state index contributed by atoms with van der Waals surface area (Å²) >= 11 is 1.74. The second kappa shape index (κ2) is 10.0. The topological polar surface area (TPSA) is 80.0 Å². The lowest BCUT2D eigenvalue weighted by Crippen LogP contribution is -2.37. The number of thiazole rings is 1. The normalized spacial score (nSPS) is 14.4. The van der Waals surface area contributed by atoms with Crippen molar-refractivity contribution in [3.63, 3.8) is 0 Å². The maximum Gasteiger partial charge on any atom is 0.191 e. The first-order valence-corrected chi connectivity index (χ1v) is 9.41. The van der Waals surface area contributed by atoms with Gasteiger partial charge in [-0.1, -0.05) is 13.3 Å². The SMILES string of the molecule is CCc1cnc(CNC(=NC)NCc2nnc3n2CCCCC3)s1.I. The maximum atomic E-state index is 4.42. The van der Waals surface area contributed by atoms with Gasteiger partial charge in [-0.3, -0.25) is 4.99 Å². The Morgan fingerprint density at radius 3 is 2.84 bits per heavy atom. The van der Waals surface area contributed by atoms with Crippen molar-refractivity contribution in [3.05, 3.63) is 27.7 Å². The molecule has 0 atom stereocenters. The molecule has 3 heterocycles. The Hall–Kier alpha value is -1.23. The Bertz CT molecular complexity index is 694. The minimum Gasteiger partial charge on any atom is -0.350 e. The van der Waals surface area contributed by atoms with E-state index >= 15 is 0 Å². The van der Waals surface area contributed by atoms with Crippen LogP contribution in [0.2, 0.25) is 0 Å². The van der Waals surface area contributed by atoms with E-state index in [1.807, 2.05) is 6.20 Å². The number of guanidine groups is 1. The van der Waals surface area contributed by atoms with Gasteiger partial charge in [0.1, 0.15) is 10.8 Å². The molecule has 138 valence electrons. The highest BCUT2D eigenvalue weighted by Gasteiger charge is 2.14. The monoisotopic (exact) mass is 475 g/mol. The van der Waals surface area contributed by atoms with Crippen molar-refractivity contribution >= 4 is 41.3 Å². The van der Waals surface area contributed by atoms with E-state index in [0.717, 1.165) is 42.0 Å². The molecule has 0 aromatic carbocycles. The number of hydrogen-bond donors (Lipinski definition) is 2. The third-order valence-corrected chi connectivity index (χ3v) is 5.32. The largest absolute Gasteiger partial charge is 0.350 e. The standard InChI is InChI=1S/C16H25N7S.HI/c1-3-12-9-18-15(24-12)11-20-16(17-2)19-10-14-22-21-13-7-5-4-6-8-23(13)14;/h9H,3-8,10-11H2,1-2H3,(H2,17,19,20);1H. The van der Waals surface area contributed by atoms with E-state index in [0.29, 0.717) is 13.1 Å². The van der Waals surface area contributed by atoms with Crippen molar-refractivity contribution in [3.8, 4) is 0 Å². The predicted molar refractivity (Wildman–Crippen MR) is 112 cm³/mol. The van der Waals surface area contributed by atoms with Gasteiger partial charge in [-0.25, -0.2) is 4.98 Å². The molecule has 7 nitrogen and oxygen atoms in total. The zero-order valence-corrected chi connectivity index (χ0v) is 17.9. The molecule has 0 radical (unpaired) electrons. The van der Waals surface area contributed by atoms with Gasteiger partial charge in [-0.15, -0.1) is 45.5 Å². The summed E-state index contributed by atoms with van der Waals surface area (Å²) in [4.78, 5) is 10.00. The molecule has 2 aromatic rings. The molecule has 0 saturated heterocycles. The number of aliphatic imine (C=N–C) groups is 1. The van der Waals surface area contributed by atoms with Crippen molar-refractivity contribution in [1.29, 1.82) is 0 Å². The predicted octanol–water partition coefficient (Wildman–Crippen LogP) is 2.51. The molecule has 0 spiro atoms. The average Bonchev–Trinajstić information content (AvgIpc) is 3.15. The maximum absolute atomic E-state index is 4.42. The number of nitrogens with zero attached hydrogens (tertiary/aromatic N) is 5. The van der Waals surface area contributed by atoms with E-state index < -0.39 is 0 Å². The molecule has 0 bridgehead atoms. The van der Waals surface area contributed by atoms with E-state index in [1.54, 1.807) is 18.4 Å². The zero-order valence-electron chi connectivity index (χ0n) is 14.8. The van der Waals surface area contributed by atoms with Crippen molar-refractivity contribution in [2.45, 2.75) is 58.7 Å². The van der Waals surface area contributed by atoms with Gasteiger partial charge in [-0.2, -0.15) is 0 Å². The molecule has 25 heavy (non-hydrogen) atoms. The van der Waals surface area contributed by atoms with Crippen LogP contribution in [0.15, 0.2) is 11.2 Å². The summed E-state index contributed by atoms with van der Waals surface area (Å²) in [5.74, 6) is 2.86. The molecule has 0 unspecified atom stereocenters. The zero-order chi connectivity index (χ0) is 16.8. The molecular weight excluding hydrogens is 449 g/mol. The van der Waals surface area contributed by atoms with Crippen LogP contribution in [0.1, 0.15) is 47.7 Å². The summed E-state index contributed by atoms with van der Waals surface area (Å²) in [7, 11) is 1.78. The molecule has 9 heteroatoms. The molecule has 1 aliphatic heterocycles. The second-order valence-electron chi connectivity index (χ2n) is 5.85. The minimum absolute atomic E-state index is 0. The Morgan fingerprint density at radius 1 is 1.24 bits per heavy atom. The Balaban J connectivity index is 0.00000225. The van der Waals surface area contributed by atoms with Gasteiger partial charge < -0.3 is 15.2 Å². The molecule has 2 N–H and O–H groups in total. The van der Waals surface area contributed by atoms with Gasteiger partial charge in [0.25, 0.3) is 0 Å². The lowest BCUT2D eigenvalue weighted by molar-refractivity contribution is 0.596. The van der Waals surface area contributed by atoms with Gasteiger partial charge in [0.05, 0.1) is 13.1 Å². The molecule has 2 aromatic heterocycles. The van der Waals surface area contributed by atoms with Crippen LogP contribution < -0.4 is 10.6 Å². The Morgan fingerprint density at radius 2 is 2.08 bits per heavy atom. The highest BCUT2D eigenvalue weighted by Crippen LogP contribution is 2.14. The summed E-state index contributed by atoms with van der Waals surface area (Å²) in [5, 5.41) is 16.4. The lowest BCUT2D eigenvalue weighted by Gasteiger charge is -2.12. The lowest BCUT2D eigenvalue weighted by atomic mass is 10.2. The highest BCUT2D eigenvalue weighted by molar-refractivity contribution is 14.0. The fourth-order valence-electron chi connectivity index (χ4n) is 2.81. The average molecular weight is 475 g/mol. The molecule has 0 aliphatic carbocycles. The van der Waals surface area contributed by atoms with Crippen LogP contribution in [0.3, 0.4) is 0 Å². The third kappa shape index (κ3) is 5.37. The second-order valence-corrected chi connectivity index (χ2v) is 7.05. The Labute approximate surface area is 169 Å². The molecule has 0 amide bonds. The van der Waals surface area contributed by atoms with Crippen LogP contribution in [0.25, 0.3) is 0 Å². The van der Waals surface area contributed by atoms with Crippen LogP contribution in [0.4, 0.5) is 0 Å². The van der Waals surface area contributed by atoms with E-state index in [1.165, 1.54) is 24.1 Å². The van der Waals surface area contributed by atoms with E-state index in [2.05, 4.69) is 42.3 Å². The van der Waals surface area contributed by atoms with Crippen LogP contribution in [0, 0.1) is 0 Å². The molecule has 0 fully saturated rings. The summed E-state index contributed by atoms with van der Waals surface area (Å²) in [5.41, 5.74) is 0. The van der Waals surface area contributed by atoms with Gasteiger partial charge in [-0.05, 0) is 19.3 Å². The van der Waals surface area contributed by atoms with Gasteiger partial charge in [0, 0.05) is 31.1 Å². The number of halogens is 1. The summed E-state index contributed by atoms with van der Waals surface area (Å²) < 4.78 is 2.25. The summed E-state index contributed by atoms with van der Waals surface area (Å²) in [6.45, 7) is 4.48. The first-order valence-electron chi connectivity index (χ1n) is 8.59. The fraction of sp³-hybridized carbons (Fsp3) is 0.625. The summed E-state index contributed by atoms with van der Waals surface area (Å²) in [6.07, 6.45) is 7.69. The number of aromatic nitrogens is 4.